The Morgan fingerprint density at radius 3 is 2.56 bits per heavy atom. The van der Waals surface area contributed by atoms with Gasteiger partial charge >= 0.3 is 5.97 Å². The van der Waals surface area contributed by atoms with Crippen LogP contribution in [-0.2, 0) is 10.1 Å². The molecule has 13 heteroatoms. The number of imidazole rings is 1. The highest BCUT2D eigenvalue weighted by Gasteiger charge is 2.12. The standard InChI is InChI=1S/C7H6O6S.C5H5N5.H2O/c8-6-2-1-4(14(11,12)13)3-5(6)7(9)10;6-4-3-5(9-1-7-3)10-2-8-4;/h1-3,8H,(H,9,10)(H,11,12,13);1-2H,(H3,6,7,8,9,10);1H2. The summed E-state index contributed by atoms with van der Waals surface area (Å²) in [6.45, 7) is 0. The molecule has 0 unspecified atom stereocenters. The number of aromatic amines is 2. The molecular formula is C12H13N5O7S. The number of nitrogens with zero attached hydrogens (tertiary/aromatic N) is 2. The van der Waals surface area contributed by atoms with Crippen molar-refractivity contribution in [2.75, 3.05) is 5.73 Å². The Labute approximate surface area is 140 Å². The Kier molecular flexibility index (Phi) is 5.94. The van der Waals surface area contributed by atoms with Crippen LogP contribution in [-0.4, -0.2) is 49.6 Å². The molecule has 12 nitrogen and oxygen atoms in total. The third kappa shape index (κ3) is 4.60. The van der Waals surface area contributed by atoms with Gasteiger partial charge in [0.1, 0.15) is 21.4 Å². The Balaban J connectivity index is 0.000000251. The van der Waals surface area contributed by atoms with Gasteiger partial charge in [0.05, 0.1) is 4.90 Å². The van der Waals surface area contributed by atoms with Crippen LogP contribution in [0.1, 0.15) is 10.4 Å². The summed E-state index contributed by atoms with van der Waals surface area (Å²) in [5, 5.41) is 17.5. The lowest BCUT2D eigenvalue weighted by Gasteiger charge is -2.08. The fourth-order valence-corrected chi connectivity index (χ4v) is 2.17. The van der Waals surface area contributed by atoms with E-state index >= 15 is 0 Å². The largest absolute Gasteiger partial charge is 0.744 e. The molecule has 2 heterocycles. The maximum absolute atomic E-state index is 10.5. The molecule has 0 spiro atoms. The molecule has 0 aliphatic heterocycles. The molecule has 0 fully saturated rings. The lowest BCUT2D eigenvalue weighted by Crippen LogP contribution is -2.06. The quantitative estimate of drug-likeness (QED) is 0.384. The maximum Gasteiger partial charge on any atom is 0.339 e. The number of nitrogens with one attached hydrogen (secondary N) is 2. The van der Waals surface area contributed by atoms with Crippen molar-refractivity contribution in [3.63, 3.8) is 0 Å². The monoisotopic (exact) mass is 371 g/mol. The second-order valence-electron chi connectivity index (χ2n) is 4.35. The molecule has 0 aliphatic carbocycles. The molecule has 3 rings (SSSR count). The predicted octanol–water partition coefficient (Wildman–Crippen LogP) is -1.48. The Morgan fingerprint density at radius 2 is 2.00 bits per heavy atom. The SMILES string of the molecule is Nc1nc[nH+]c2nc[nH]c12.O.O=C(O)c1cc(S(=O)(=O)[O-])ccc1O. The lowest BCUT2D eigenvalue weighted by molar-refractivity contribution is -0.352. The summed E-state index contributed by atoms with van der Waals surface area (Å²) in [5.74, 6) is -1.64. The van der Waals surface area contributed by atoms with Crippen molar-refractivity contribution in [3.05, 3.63) is 36.4 Å². The van der Waals surface area contributed by atoms with Gasteiger partial charge in [-0.3, -0.25) is 0 Å². The number of aromatic nitrogens is 4. The molecular weight excluding hydrogens is 358 g/mol. The molecule has 1 aromatic carbocycles. The molecule has 0 bridgehead atoms. The molecule has 0 atom stereocenters. The highest BCUT2D eigenvalue weighted by molar-refractivity contribution is 7.85. The number of carboxylic acid groups (broad SMARTS) is 1. The first-order valence-corrected chi connectivity index (χ1v) is 7.58. The minimum atomic E-state index is -4.70. The molecule has 2 aromatic heterocycles. The minimum absolute atomic E-state index is 0. The van der Waals surface area contributed by atoms with Crippen LogP contribution in [0.3, 0.4) is 0 Å². The Morgan fingerprint density at radius 1 is 1.32 bits per heavy atom. The van der Waals surface area contributed by atoms with Crippen molar-refractivity contribution in [2.24, 2.45) is 0 Å². The van der Waals surface area contributed by atoms with E-state index < -0.39 is 32.3 Å². The number of rotatable bonds is 2. The first kappa shape index (κ1) is 19.8. The maximum atomic E-state index is 10.5. The van der Waals surface area contributed by atoms with E-state index in [2.05, 4.69) is 19.9 Å². The van der Waals surface area contributed by atoms with Crippen LogP contribution in [0.2, 0.25) is 0 Å². The molecule has 0 saturated carbocycles. The highest BCUT2D eigenvalue weighted by atomic mass is 32.2. The Hall–Kier alpha value is -3.29. The third-order valence-corrected chi connectivity index (χ3v) is 3.62. The second kappa shape index (κ2) is 7.52. The molecule has 25 heavy (non-hydrogen) atoms. The van der Waals surface area contributed by atoms with Gasteiger partial charge < -0.3 is 31.0 Å². The lowest BCUT2D eigenvalue weighted by atomic mass is 10.2. The average Bonchev–Trinajstić information content (AvgIpc) is 2.97. The summed E-state index contributed by atoms with van der Waals surface area (Å²) in [7, 11) is -4.70. The number of aromatic carboxylic acids is 1. The number of carboxylic acids is 1. The molecule has 0 radical (unpaired) electrons. The Bertz CT molecular complexity index is 1000. The second-order valence-corrected chi connectivity index (χ2v) is 5.73. The smallest absolute Gasteiger partial charge is 0.339 e. The number of carbonyl (C=O) groups is 1. The molecule has 3 aromatic rings. The van der Waals surface area contributed by atoms with Crippen LogP contribution >= 0.6 is 0 Å². The van der Waals surface area contributed by atoms with E-state index in [0.29, 0.717) is 11.9 Å². The van der Waals surface area contributed by atoms with Gasteiger partial charge in [-0.25, -0.2) is 18.2 Å². The van der Waals surface area contributed by atoms with E-state index in [0.717, 1.165) is 23.3 Å². The summed E-state index contributed by atoms with van der Waals surface area (Å²) in [6, 6.07) is 2.29. The zero-order chi connectivity index (χ0) is 17.9. The van der Waals surface area contributed by atoms with Crippen LogP contribution in [0.5, 0.6) is 5.75 Å². The van der Waals surface area contributed by atoms with Crippen LogP contribution in [0.15, 0.2) is 35.7 Å². The number of hydrogen-bond donors (Lipinski definition) is 4. The van der Waals surface area contributed by atoms with E-state index in [1.165, 1.54) is 6.33 Å². The van der Waals surface area contributed by atoms with Crippen molar-refractivity contribution in [1.82, 2.24) is 15.0 Å². The number of fused-ring (bicyclic) bond motifs is 1. The van der Waals surface area contributed by atoms with E-state index in [1.54, 1.807) is 6.33 Å². The van der Waals surface area contributed by atoms with Gasteiger partial charge in [0.25, 0.3) is 5.65 Å². The summed E-state index contributed by atoms with van der Waals surface area (Å²) in [6.07, 6.45) is 3.08. The third-order valence-electron chi connectivity index (χ3n) is 2.79. The van der Waals surface area contributed by atoms with Gasteiger partial charge in [0.2, 0.25) is 12.1 Å². The number of nitrogens with two attached hydrogens (primary N) is 1. The summed E-state index contributed by atoms with van der Waals surface area (Å²) in [4.78, 5) is 23.2. The zero-order valence-corrected chi connectivity index (χ0v) is 13.1. The zero-order valence-electron chi connectivity index (χ0n) is 12.3. The van der Waals surface area contributed by atoms with Gasteiger partial charge in [0, 0.05) is 0 Å². The van der Waals surface area contributed by atoms with E-state index in [1.807, 2.05) is 0 Å². The number of phenols is 1. The van der Waals surface area contributed by atoms with Crippen LogP contribution in [0.25, 0.3) is 11.2 Å². The summed E-state index contributed by atoms with van der Waals surface area (Å²) in [5.41, 5.74) is 6.36. The van der Waals surface area contributed by atoms with Crippen molar-refractivity contribution in [3.8, 4) is 5.75 Å². The van der Waals surface area contributed by atoms with Gasteiger partial charge in [-0.15, -0.1) is 0 Å². The fourth-order valence-electron chi connectivity index (χ4n) is 1.67. The first-order valence-electron chi connectivity index (χ1n) is 6.17. The number of H-pyrrole nitrogens is 2. The van der Waals surface area contributed by atoms with Crippen LogP contribution < -0.4 is 10.7 Å². The number of anilines is 1. The van der Waals surface area contributed by atoms with Crippen molar-refractivity contribution in [2.45, 2.75) is 4.90 Å². The van der Waals surface area contributed by atoms with Crippen LogP contribution in [0, 0.1) is 0 Å². The summed E-state index contributed by atoms with van der Waals surface area (Å²) >= 11 is 0. The fraction of sp³-hybridized carbons (Fsp3) is 0. The normalized spacial score (nSPS) is 10.4. The topological polar surface area (TPSA) is 228 Å². The first-order chi connectivity index (χ1) is 11.2. The number of benzene rings is 1. The van der Waals surface area contributed by atoms with Gasteiger partial charge in [-0.1, -0.05) is 9.97 Å². The summed E-state index contributed by atoms with van der Waals surface area (Å²) < 4.78 is 31.5. The van der Waals surface area contributed by atoms with Gasteiger partial charge in [-0.05, 0) is 18.2 Å². The van der Waals surface area contributed by atoms with E-state index in [-0.39, 0.29) is 5.48 Å². The number of nitrogen functional groups attached to an aromatic ring is 1. The van der Waals surface area contributed by atoms with Crippen LogP contribution in [0.4, 0.5) is 5.82 Å². The average molecular weight is 371 g/mol. The highest BCUT2D eigenvalue weighted by Crippen LogP contribution is 2.20. The van der Waals surface area contributed by atoms with Gasteiger partial charge in [0.15, 0.2) is 11.8 Å². The number of aromatic hydroxyl groups is 1. The number of hydrogen-bond acceptors (Lipinski definition) is 8. The minimum Gasteiger partial charge on any atom is -0.744 e. The van der Waals surface area contributed by atoms with Crippen molar-refractivity contribution in [1.29, 1.82) is 0 Å². The molecule has 0 aliphatic rings. The van der Waals surface area contributed by atoms with Crippen molar-refractivity contribution >= 4 is 33.1 Å². The molecule has 134 valence electrons. The molecule has 0 saturated heterocycles. The van der Waals surface area contributed by atoms with E-state index in [9.17, 15) is 17.8 Å². The van der Waals surface area contributed by atoms with Gasteiger partial charge in [-0.2, -0.15) is 0 Å². The predicted molar refractivity (Wildman–Crippen MR) is 81.5 cm³/mol. The molecule has 8 N–H and O–H groups in total. The van der Waals surface area contributed by atoms with E-state index in [4.69, 9.17) is 15.9 Å². The molecule has 0 amide bonds. The van der Waals surface area contributed by atoms with Crippen molar-refractivity contribution < 1.29 is 38.4 Å².